The van der Waals surface area contributed by atoms with E-state index in [1.807, 2.05) is 13.8 Å². The second kappa shape index (κ2) is 9.26. The molecule has 2 aliphatic rings. The van der Waals surface area contributed by atoms with Crippen LogP contribution in [0.5, 0.6) is 0 Å². The molecule has 5 rings (SSSR count). The number of carboxylic acids is 1. The van der Waals surface area contributed by atoms with Crippen LogP contribution in [-0.4, -0.2) is 45.6 Å². The fourth-order valence-electron chi connectivity index (χ4n) is 4.85. The average Bonchev–Trinajstić information content (AvgIpc) is 3.21. The van der Waals surface area contributed by atoms with E-state index < -0.39 is 23.4 Å². The number of nitrogens with zero attached hydrogens (tertiary/aromatic N) is 2. The Balaban J connectivity index is 1.38. The molecule has 3 atom stereocenters. The maximum atomic E-state index is 15.0. The Morgan fingerprint density at radius 3 is 2.76 bits per heavy atom. The first-order valence-electron chi connectivity index (χ1n) is 11.9. The van der Waals surface area contributed by atoms with E-state index in [0.29, 0.717) is 38.7 Å². The zero-order valence-corrected chi connectivity index (χ0v) is 21.2. The van der Waals surface area contributed by atoms with Crippen LogP contribution in [0.1, 0.15) is 32.3 Å². The topological polar surface area (TPSA) is 91.5 Å². The lowest BCUT2D eigenvalue weighted by Gasteiger charge is -2.27. The van der Waals surface area contributed by atoms with Crippen molar-refractivity contribution in [1.82, 2.24) is 9.88 Å². The van der Waals surface area contributed by atoms with Gasteiger partial charge < -0.3 is 20.1 Å². The van der Waals surface area contributed by atoms with Crippen LogP contribution in [0.15, 0.2) is 54.3 Å². The van der Waals surface area contributed by atoms with Gasteiger partial charge in [0.05, 0.1) is 23.0 Å². The van der Waals surface area contributed by atoms with Crippen molar-refractivity contribution < 1.29 is 28.2 Å². The first-order valence-corrected chi connectivity index (χ1v) is 12.7. The lowest BCUT2D eigenvalue weighted by molar-refractivity contribution is -0.144. The number of methoxy groups -OCH3 is 1. The van der Waals surface area contributed by atoms with Crippen molar-refractivity contribution in [3.63, 3.8) is 0 Å². The summed E-state index contributed by atoms with van der Waals surface area (Å²) < 4.78 is 34.7. The summed E-state index contributed by atoms with van der Waals surface area (Å²) in [7, 11) is 1.44. The second-order valence-electron chi connectivity index (χ2n) is 9.23. The number of aliphatic carboxylic acids is 1. The summed E-state index contributed by atoms with van der Waals surface area (Å²) in [5, 5.41) is 13.2. The normalized spacial score (nSPS) is 20.5. The number of rotatable bonds is 8. The minimum absolute atomic E-state index is 0.216. The number of fused-ring (bicyclic) bond motifs is 1. The zero-order valence-electron chi connectivity index (χ0n) is 20.4. The number of amides is 1. The summed E-state index contributed by atoms with van der Waals surface area (Å²) in [5.74, 6) is -2.10. The highest BCUT2D eigenvalue weighted by Gasteiger charge is 2.70. The molecular weight excluding hydrogens is 500 g/mol. The van der Waals surface area contributed by atoms with Crippen molar-refractivity contribution in [2.75, 3.05) is 12.4 Å². The van der Waals surface area contributed by atoms with Crippen LogP contribution in [0.4, 0.5) is 19.6 Å². The molecule has 3 aromatic rings. The van der Waals surface area contributed by atoms with E-state index in [9.17, 15) is 19.1 Å². The minimum atomic E-state index is -1.14. The molecule has 7 nitrogen and oxygen atoms in total. The first kappa shape index (κ1) is 24.9. The number of anilines is 2. The highest BCUT2D eigenvalue weighted by molar-refractivity contribution is 7.22. The molecule has 0 bridgehead atoms. The molecule has 2 aromatic carbocycles. The SMILES string of the molecule is CC[C@H](C)[C@@H](C(=O)O)N1C(=O)C12CC=C(c1ccc(Nc3nc4ccc(F)cc4s3)c(F)c1)C=C2OC. The van der Waals surface area contributed by atoms with Gasteiger partial charge in [0.15, 0.2) is 10.7 Å². The zero-order chi connectivity index (χ0) is 26.5. The van der Waals surface area contributed by atoms with E-state index in [1.54, 1.807) is 30.4 Å². The largest absolute Gasteiger partial charge is 0.498 e. The van der Waals surface area contributed by atoms with E-state index in [2.05, 4.69) is 10.3 Å². The lowest BCUT2D eigenvalue weighted by atomic mass is 9.89. The van der Waals surface area contributed by atoms with Crippen LogP contribution in [0.25, 0.3) is 15.8 Å². The molecule has 0 saturated carbocycles. The molecule has 1 fully saturated rings. The van der Waals surface area contributed by atoms with Crippen LogP contribution < -0.4 is 5.32 Å². The molecule has 1 aromatic heterocycles. The molecule has 37 heavy (non-hydrogen) atoms. The molecule has 192 valence electrons. The molecule has 1 spiro atoms. The number of nitrogens with one attached hydrogen (secondary N) is 1. The quantitative estimate of drug-likeness (QED) is 0.366. The summed E-state index contributed by atoms with van der Waals surface area (Å²) in [5.41, 5.74) is 0.936. The van der Waals surface area contributed by atoms with Gasteiger partial charge in [-0.2, -0.15) is 0 Å². The minimum Gasteiger partial charge on any atom is -0.498 e. The number of allylic oxidation sites excluding steroid dienone is 2. The van der Waals surface area contributed by atoms with Gasteiger partial charge in [-0.25, -0.2) is 18.6 Å². The smallest absolute Gasteiger partial charge is 0.326 e. The maximum Gasteiger partial charge on any atom is 0.326 e. The highest BCUT2D eigenvalue weighted by Crippen LogP contribution is 2.51. The number of carbonyl (C=O) groups excluding carboxylic acids is 1. The van der Waals surface area contributed by atoms with E-state index in [-0.39, 0.29) is 29.8 Å². The number of benzene rings is 2. The van der Waals surface area contributed by atoms with Crippen molar-refractivity contribution in [3.05, 3.63) is 71.5 Å². The van der Waals surface area contributed by atoms with Crippen molar-refractivity contribution in [2.45, 2.75) is 38.3 Å². The first-order chi connectivity index (χ1) is 17.7. The number of carboxylic acid groups (broad SMARTS) is 1. The van der Waals surface area contributed by atoms with Gasteiger partial charge in [-0.15, -0.1) is 0 Å². The molecular formula is C27H25F2N3O4S. The van der Waals surface area contributed by atoms with Crippen LogP contribution in [0, 0.1) is 17.6 Å². The van der Waals surface area contributed by atoms with Gasteiger partial charge in [0.2, 0.25) is 0 Å². The number of hydrogen-bond donors (Lipinski definition) is 2. The van der Waals surface area contributed by atoms with Crippen molar-refractivity contribution in [2.24, 2.45) is 5.92 Å². The molecule has 0 radical (unpaired) electrons. The molecule has 1 amide bonds. The third-order valence-corrected chi connectivity index (χ3v) is 8.01. The molecule has 1 aliphatic heterocycles. The third-order valence-electron chi connectivity index (χ3n) is 7.07. The Labute approximate surface area is 216 Å². The highest BCUT2D eigenvalue weighted by atomic mass is 32.1. The Kier molecular flexibility index (Phi) is 6.23. The average molecular weight is 526 g/mol. The van der Waals surface area contributed by atoms with E-state index in [0.717, 1.165) is 0 Å². The number of aromatic nitrogens is 1. The van der Waals surface area contributed by atoms with Gasteiger partial charge >= 0.3 is 5.97 Å². The van der Waals surface area contributed by atoms with Crippen LogP contribution in [-0.2, 0) is 14.3 Å². The predicted octanol–water partition coefficient (Wildman–Crippen LogP) is 5.72. The summed E-state index contributed by atoms with van der Waals surface area (Å²) in [6.45, 7) is 3.69. The van der Waals surface area contributed by atoms with Gasteiger partial charge in [0.25, 0.3) is 5.91 Å². The van der Waals surface area contributed by atoms with Crippen LogP contribution in [0.2, 0.25) is 0 Å². The molecule has 1 aliphatic carbocycles. The van der Waals surface area contributed by atoms with E-state index >= 15 is 4.39 Å². The molecule has 1 saturated heterocycles. The van der Waals surface area contributed by atoms with Gasteiger partial charge in [0, 0.05) is 6.42 Å². The molecule has 2 heterocycles. The van der Waals surface area contributed by atoms with Gasteiger partial charge in [-0.3, -0.25) is 4.79 Å². The standard InChI is InChI=1S/C27H25F2N3O4S/c1-4-14(2)23(24(33)34)32-25(35)27(32)10-9-16(12-22(27)36-3)15-5-7-19(18(29)11-15)30-26-31-20-8-6-17(28)13-21(20)37-26/h5-9,11-14,23H,4,10H2,1-3H3,(H,30,31)(H,33,34)/t14-,23-,27?,32?/m0/s1. The number of thiazole rings is 1. The number of halogens is 2. The summed E-state index contributed by atoms with van der Waals surface area (Å²) in [6, 6.07) is 8.01. The molecule has 2 N–H and O–H groups in total. The Bertz CT molecular complexity index is 1480. The van der Waals surface area contributed by atoms with Crippen LogP contribution >= 0.6 is 11.3 Å². The Morgan fingerprint density at radius 2 is 2.08 bits per heavy atom. The molecule has 1 unspecified atom stereocenters. The predicted molar refractivity (Wildman–Crippen MR) is 137 cm³/mol. The number of ether oxygens (including phenoxy) is 1. The van der Waals surface area contributed by atoms with Gasteiger partial charge in [0.1, 0.15) is 23.4 Å². The lowest BCUT2D eigenvalue weighted by Crippen LogP contribution is -2.40. The van der Waals surface area contributed by atoms with E-state index in [4.69, 9.17) is 4.74 Å². The fraction of sp³-hybridized carbons (Fsp3) is 0.296. The summed E-state index contributed by atoms with van der Waals surface area (Å²) >= 11 is 1.22. The summed E-state index contributed by atoms with van der Waals surface area (Å²) in [6.07, 6.45) is 4.31. The molecule has 10 heteroatoms. The van der Waals surface area contributed by atoms with Crippen LogP contribution in [0.3, 0.4) is 0 Å². The van der Waals surface area contributed by atoms with Crippen molar-refractivity contribution in [1.29, 1.82) is 0 Å². The Morgan fingerprint density at radius 1 is 1.30 bits per heavy atom. The monoisotopic (exact) mass is 525 g/mol. The van der Waals surface area contributed by atoms with Gasteiger partial charge in [-0.05, 0) is 53.5 Å². The third kappa shape index (κ3) is 4.15. The van der Waals surface area contributed by atoms with Crippen molar-refractivity contribution >= 4 is 49.8 Å². The Hall–Kier alpha value is -3.79. The van der Waals surface area contributed by atoms with Gasteiger partial charge in [-0.1, -0.05) is 43.7 Å². The fourth-order valence-corrected chi connectivity index (χ4v) is 5.76. The maximum absolute atomic E-state index is 15.0. The number of carbonyl (C=O) groups is 2. The van der Waals surface area contributed by atoms with E-state index in [1.165, 1.54) is 41.5 Å². The van der Waals surface area contributed by atoms with Crippen molar-refractivity contribution in [3.8, 4) is 0 Å². The second-order valence-corrected chi connectivity index (χ2v) is 10.3. The number of hydrogen-bond acceptors (Lipinski definition) is 6. The summed E-state index contributed by atoms with van der Waals surface area (Å²) in [4.78, 5) is 30.7.